The van der Waals surface area contributed by atoms with Crippen molar-refractivity contribution in [2.24, 2.45) is 0 Å². The van der Waals surface area contributed by atoms with Crippen molar-refractivity contribution in [3.05, 3.63) is 29.8 Å². The fourth-order valence-corrected chi connectivity index (χ4v) is 1.98. The summed E-state index contributed by atoms with van der Waals surface area (Å²) < 4.78 is 0. The van der Waals surface area contributed by atoms with Crippen LogP contribution in [0.1, 0.15) is 25.8 Å². The molecule has 0 heterocycles. The first-order valence-electron chi connectivity index (χ1n) is 7.04. The van der Waals surface area contributed by atoms with Gasteiger partial charge in [0.2, 0.25) is 0 Å². The quantitative estimate of drug-likeness (QED) is 0.715. The lowest BCUT2D eigenvalue weighted by atomic mass is 10.1. The van der Waals surface area contributed by atoms with E-state index in [4.69, 9.17) is 0 Å². The number of carbonyl (C=O) groups excluding carboxylic acids is 1. The van der Waals surface area contributed by atoms with Gasteiger partial charge in [0.15, 0.2) is 0 Å². The van der Waals surface area contributed by atoms with Gasteiger partial charge in [-0.3, -0.25) is 0 Å². The van der Waals surface area contributed by atoms with Gasteiger partial charge >= 0.3 is 12.0 Å². The molecule has 6 heteroatoms. The molecule has 116 valence electrons. The number of rotatable bonds is 7. The molecule has 0 bridgehead atoms. The van der Waals surface area contributed by atoms with Crippen LogP contribution < -0.4 is 5.32 Å². The highest BCUT2D eigenvalue weighted by Crippen LogP contribution is 2.11. The molecule has 0 aliphatic rings. The number of carbonyl (C=O) groups is 2. The van der Waals surface area contributed by atoms with E-state index in [0.29, 0.717) is 13.1 Å². The summed E-state index contributed by atoms with van der Waals surface area (Å²) >= 11 is 0. The SMILES string of the molecule is CCCN(CC)C(=O)N[C@@H](Cc1ccc(O)cc1)C(=O)O. The van der Waals surface area contributed by atoms with E-state index < -0.39 is 12.0 Å². The zero-order valence-electron chi connectivity index (χ0n) is 12.4. The van der Waals surface area contributed by atoms with Crippen LogP contribution in [0.5, 0.6) is 5.75 Å². The summed E-state index contributed by atoms with van der Waals surface area (Å²) in [5.41, 5.74) is 0.735. The first kappa shape index (κ1) is 16.8. The maximum atomic E-state index is 12.0. The zero-order chi connectivity index (χ0) is 15.8. The normalized spacial score (nSPS) is 11.7. The summed E-state index contributed by atoms with van der Waals surface area (Å²) in [5.74, 6) is -0.959. The highest BCUT2D eigenvalue weighted by atomic mass is 16.4. The number of hydrogen-bond donors (Lipinski definition) is 3. The molecule has 1 aromatic rings. The molecule has 0 aromatic heterocycles. The molecule has 0 spiro atoms. The highest BCUT2D eigenvalue weighted by molar-refractivity contribution is 5.82. The number of aromatic hydroxyl groups is 1. The minimum Gasteiger partial charge on any atom is -0.508 e. The summed E-state index contributed by atoms with van der Waals surface area (Å²) in [4.78, 5) is 24.9. The minimum atomic E-state index is -1.08. The van der Waals surface area contributed by atoms with Crippen molar-refractivity contribution >= 4 is 12.0 Å². The highest BCUT2D eigenvalue weighted by Gasteiger charge is 2.22. The van der Waals surface area contributed by atoms with Crippen LogP contribution in [0, 0.1) is 0 Å². The summed E-state index contributed by atoms with van der Waals surface area (Å²) in [6, 6.07) is 4.90. The van der Waals surface area contributed by atoms with E-state index in [9.17, 15) is 19.8 Å². The van der Waals surface area contributed by atoms with Gasteiger partial charge in [-0.25, -0.2) is 9.59 Å². The molecule has 3 N–H and O–H groups in total. The van der Waals surface area contributed by atoms with Crippen molar-refractivity contribution in [3.63, 3.8) is 0 Å². The Kier molecular flexibility index (Phi) is 6.52. The van der Waals surface area contributed by atoms with Gasteiger partial charge in [-0.2, -0.15) is 0 Å². The number of carboxylic acids is 1. The van der Waals surface area contributed by atoms with E-state index in [2.05, 4.69) is 5.32 Å². The summed E-state index contributed by atoms with van der Waals surface area (Å²) in [6.07, 6.45) is 0.988. The zero-order valence-corrected chi connectivity index (χ0v) is 12.4. The number of phenols is 1. The number of nitrogens with one attached hydrogen (secondary N) is 1. The third-order valence-electron chi connectivity index (χ3n) is 3.13. The topological polar surface area (TPSA) is 89.9 Å². The second kappa shape index (κ2) is 8.14. The standard InChI is InChI=1S/C15H22N2O4/c1-3-9-17(4-2)15(21)16-13(14(19)20)10-11-5-7-12(18)8-6-11/h5-8,13,18H,3-4,9-10H2,1-2H3,(H,16,21)(H,19,20)/t13-/m0/s1. The number of urea groups is 1. The van der Waals surface area contributed by atoms with E-state index in [1.165, 1.54) is 12.1 Å². The number of nitrogens with zero attached hydrogens (tertiary/aromatic N) is 1. The van der Waals surface area contributed by atoms with Gasteiger partial charge in [-0.1, -0.05) is 19.1 Å². The van der Waals surface area contributed by atoms with Crippen LogP contribution in [0.2, 0.25) is 0 Å². The first-order valence-corrected chi connectivity index (χ1v) is 7.04. The third-order valence-corrected chi connectivity index (χ3v) is 3.13. The fourth-order valence-electron chi connectivity index (χ4n) is 1.98. The fraction of sp³-hybridized carbons (Fsp3) is 0.467. The van der Waals surface area contributed by atoms with Gasteiger partial charge in [-0.15, -0.1) is 0 Å². The van der Waals surface area contributed by atoms with Crippen LogP contribution in [0.4, 0.5) is 4.79 Å². The Morgan fingerprint density at radius 2 is 1.86 bits per heavy atom. The van der Waals surface area contributed by atoms with Gasteiger partial charge in [-0.05, 0) is 31.0 Å². The summed E-state index contributed by atoms with van der Waals surface area (Å²) in [5, 5.41) is 21.0. The number of carboxylic acid groups (broad SMARTS) is 1. The molecule has 2 amide bonds. The Morgan fingerprint density at radius 3 is 2.33 bits per heavy atom. The number of hydrogen-bond acceptors (Lipinski definition) is 3. The molecule has 0 aliphatic carbocycles. The van der Waals surface area contributed by atoms with Crippen molar-refractivity contribution in [2.45, 2.75) is 32.7 Å². The lowest BCUT2D eigenvalue weighted by Gasteiger charge is -2.23. The van der Waals surface area contributed by atoms with E-state index in [1.54, 1.807) is 17.0 Å². The van der Waals surface area contributed by atoms with Crippen LogP contribution in [-0.4, -0.2) is 46.2 Å². The van der Waals surface area contributed by atoms with Gasteiger partial charge in [0.05, 0.1) is 0 Å². The molecule has 0 unspecified atom stereocenters. The van der Waals surface area contributed by atoms with E-state index in [1.807, 2.05) is 13.8 Å². The second-order valence-electron chi connectivity index (χ2n) is 4.79. The third kappa shape index (κ3) is 5.33. The van der Waals surface area contributed by atoms with Gasteiger partial charge in [0.25, 0.3) is 0 Å². The Balaban J connectivity index is 2.71. The molecule has 6 nitrogen and oxygen atoms in total. The van der Waals surface area contributed by atoms with E-state index >= 15 is 0 Å². The molecule has 1 atom stereocenters. The number of benzene rings is 1. The van der Waals surface area contributed by atoms with Crippen LogP contribution in [-0.2, 0) is 11.2 Å². The number of amides is 2. The van der Waals surface area contributed by atoms with Gasteiger partial charge in [0.1, 0.15) is 11.8 Å². The Hall–Kier alpha value is -2.24. The van der Waals surface area contributed by atoms with Crippen LogP contribution in [0.15, 0.2) is 24.3 Å². The van der Waals surface area contributed by atoms with Crippen molar-refractivity contribution in [1.29, 1.82) is 0 Å². The van der Waals surface area contributed by atoms with Crippen LogP contribution >= 0.6 is 0 Å². The predicted octanol–water partition coefficient (Wildman–Crippen LogP) is 1.83. The molecule has 1 aromatic carbocycles. The smallest absolute Gasteiger partial charge is 0.326 e. The van der Waals surface area contributed by atoms with Crippen molar-refractivity contribution in [2.75, 3.05) is 13.1 Å². The number of phenolic OH excluding ortho intramolecular Hbond substituents is 1. The van der Waals surface area contributed by atoms with Crippen molar-refractivity contribution in [1.82, 2.24) is 10.2 Å². The molecule has 0 aliphatic heterocycles. The Morgan fingerprint density at radius 1 is 1.24 bits per heavy atom. The van der Waals surface area contributed by atoms with Crippen molar-refractivity contribution in [3.8, 4) is 5.75 Å². The van der Waals surface area contributed by atoms with Crippen LogP contribution in [0.25, 0.3) is 0 Å². The number of aliphatic carboxylic acids is 1. The minimum absolute atomic E-state index is 0.120. The lowest BCUT2D eigenvalue weighted by Crippen LogP contribution is -2.49. The van der Waals surface area contributed by atoms with E-state index in [-0.39, 0.29) is 18.2 Å². The molecule has 0 saturated heterocycles. The monoisotopic (exact) mass is 294 g/mol. The molecule has 0 radical (unpaired) electrons. The maximum absolute atomic E-state index is 12.0. The molecule has 21 heavy (non-hydrogen) atoms. The van der Waals surface area contributed by atoms with Crippen LogP contribution in [0.3, 0.4) is 0 Å². The second-order valence-corrected chi connectivity index (χ2v) is 4.79. The van der Waals surface area contributed by atoms with E-state index in [0.717, 1.165) is 12.0 Å². The predicted molar refractivity (Wildman–Crippen MR) is 79.3 cm³/mol. The van der Waals surface area contributed by atoms with Gasteiger partial charge in [0, 0.05) is 19.5 Å². The molecule has 0 fully saturated rings. The largest absolute Gasteiger partial charge is 0.508 e. The lowest BCUT2D eigenvalue weighted by molar-refractivity contribution is -0.139. The average molecular weight is 294 g/mol. The Labute approximate surface area is 124 Å². The summed E-state index contributed by atoms with van der Waals surface area (Å²) in [7, 11) is 0. The molecule has 1 rings (SSSR count). The summed E-state index contributed by atoms with van der Waals surface area (Å²) in [6.45, 7) is 4.94. The average Bonchev–Trinajstić information content (AvgIpc) is 2.45. The molecular weight excluding hydrogens is 272 g/mol. The molecule has 0 saturated carbocycles. The molecular formula is C15H22N2O4. The van der Waals surface area contributed by atoms with Crippen molar-refractivity contribution < 1.29 is 19.8 Å². The maximum Gasteiger partial charge on any atom is 0.326 e. The van der Waals surface area contributed by atoms with Gasteiger partial charge < -0.3 is 20.4 Å². The first-order chi connectivity index (χ1) is 9.97. The Bertz CT molecular complexity index is 473.